The molecule has 0 aromatic carbocycles. The Labute approximate surface area is 327 Å². The molecule has 12 atom stereocenters. The molecule has 0 radical (unpaired) electrons. The highest BCUT2D eigenvalue weighted by Gasteiger charge is 2.54. The average molecular weight is 779 g/mol. The van der Waals surface area contributed by atoms with E-state index < -0.39 is 50.2 Å². The van der Waals surface area contributed by atoms with E-state index in [4.69, 9.17) is 28.1 Å². The van der Waals surface area contributed by atoms with Crippen LogP contribution in [0.2, 0.25) is 18.1 Å². The van der Waals surface area contributed by atoms with Crippen molar-refractivity contribution in [3.8, 4) is 0 Å². The second-order valence-corrected chi connectivity index (χ2v) is 22.8. The lowest BCUT2D eigenvalue weighted by molar-refractivity contribution is -0.327. The van der Waals surface area contributed by atoms with Crippen molar-refractivity contribution in [3.63, 3.8) is 0 Å². The maximum Gasteiger partial charge on any atom is 0.373 e. The Kier molecular flexibility index (Phi) is 17.5. The number of cyclic esters (lactones) is 1. The van der Waals surface area contributed by atoms with Crippen molar-refractivity contribution in [1.82, 2.24) is 0 Å². The summed E-state index contributed by atoms with van der Waals surface area (Å²) in [7, 11) is 0.692. The summed E-state index contributed by atoms with van der Waals surface area (Å²) >= 11 is 0. The number of allylic oxidation sites excluding steroid dienone is 5. The number of rotatable bonds is 10. The molecule has 1 saturated heterocycles. The van der Waals surface area contributed by atoms with Crippen molar-refractivity contribution in [3.05, 3.63) is 47.3 Å². The standard InChI is InChI=1S/C43H74O10Si/c1-25(2)38-30(7)36(53-54(16,17)42(11,12)13)24-43(47,52-38)32(9)37(45)31(8)40-34(48-14)20-18-19-26(3)21-28(5)39(50-33(10)44)29(6)22-27(4)23-35(49-15)41(46)51-40/h18-20,22-23,25,28-32,34,36-40,45,47H,21,24H2,1-17H3/b20-18-,26-19+,27-22+,35-23+. The molecule has 2 N–H and O–H groups in total. The molecule has 0 bridgehead atoms. The van der Waals surface area contributed by atoms with Gasteiger partial charge >= 0.3 is 11.9 Å². The Hall–Kier alpha value is -2.28. The lowest BCUT2D eigenvalue weighted by Crippen LogP contribution is -2.61. The van der Waals surface area contributed by atoms with Gasteiger partial charge in [-0.3, -0.25) is 4.79 Å². The van der Waals surface area contributed by atoms with Crippen molar-refractivity contribution >= 4 is 20.3 Å². The van der Waals surface area contributed by atoms with Crippen LogP contribution in [-0.4, -0.2) is 87.1 Å². The molecule has 2 aliphatic rings. The van der Waals surface area contributed by atoms with Crippen LogP contribution in [0.25, 0.3) is 0 Å². The maximum atomic E-state index is 13.9. The third-order valence-electron chi connectivity index (χ3n) is 12.0. The maximum absolute atomic E-state index is 13.9. The number of hydrogen-bond acceptors (Lipinski definition) is 10. The van der Waals surface area contributed by atoms with Gasteiger partial charge in [0.05, 0.1) is 25.4 Å². The summed E-state index contributed by atoms with van der Waals surface area (Å²) in [6, 6.07) is 0. The molecule has 10 nitrogen and oxygen atoms in total. The van der Waals surface area contributed by atoms with E-state index in [0.29, 0.717) is 6.42 Å². The largest absolute Gasteiger partial charge is 0.490 e. The van der Waals surface area contributed by atoms with Gasteiger partial charge in [0, 0.05) is 44.1 Å². The highest BCUT2D eigenvalue weighted by Crippen LogP contribution is 2.46. The number of aliphatic hydroxyl groups excluding tert-OH is 1. The molecule has 0 aliphatic carbocycles. The summed E-state index contributed by atoms with van der Waals surface area (Å²) < 4.78 is 36.9. The molecule has 0 amide bonds. The van der Waals surface area contributed by atoms with Crippen LogP contribution >= 0.6 is 0 Å². The van der Waals surface area contributed by atoms with Crippen LogP contribution in [0.4, 0.5) is 0 Å². The third kappa shape index (κ3) is 12.4. The lowest BCUT2D eigenvalue weighted by atomic mass is 9.76. The van der Waals surface area contributed by atoms with Crippen LogP contribution in [0.5, 0.6) is 0 Å². The predicted molar refractivity (Wildman–Crippen MR) is 216 cm³/mol. The molecular formula is C43H74O10Si. The number of hydrogen-bond donors (Lipinski definition) is 2. The molecule has 54 heavy (non-hydrogen) atoms. The van der Waals surface area contributed by atoms with Crippen molar-refractivity contribution in [2.45, 2.75) is 163 Å². The molecular weight excluding hydrogens is 705 g/mol. The Bertz CT molecular complexity index is 1380. The van der Waals surface area contributed by atoms with Crippen LogP contribution < -0.4 is 0 Å². The number of carbonyl (C=O) groups excluding carboxylic acids is 2. The van der Waals surface area contributed by atoms with Gasteiger partial charge in [0.1, 0.15) is 18.3 Å². The molecule has 2 heterocycles. The van der Waals surface area contributed by atoms with Gasteiger partial charge in [-0.25, -0.2) is 4.79 Å². The zero-order chi connectivity index (χ0) is 41.5. The van der Waals surface area contributed by atoms with Crippen molar-refractivity contribution < 1.29 is 47.9 Å². The van der Waals surface area contributed by atoms with E-state index in [0.717, 1.165) is 11.1 Å². The first-order valence-corrected chi connectivity index (χ1v) is 22.7. The van der Waals surface area contributed by atoms with E-state index in [9.17, 15) is 19.8 Å². The molecule has 0 aromatic heterocycles. The highest BCUT2D eigenvalue weighted by molar-refractivity contribution is 6.74. The number of ether oxygens (including phenoxy) is 5. The molecule has 0 spiro atoms. The minimum absolute atomic E-state index is 0.00180. The number of carbonyl (C=O) groups is 2. The van der Waals surface area contributed by atoms with Crippen LogP contribution in [-0.2, 0) is 37.7 Å². The Morgan fingerprint density at radius 3 is 2.19 bits per heavy atom. The number of aliphatic hydroxyl groups is 2. The molecule has 310 valence electrons. The van der Waals surface area contributed by atoms with Gasteiger partial charge in [-0.05, 0) is 56.3 Å². The molecule has 2 aliphatic heterocycles. The lowest BCUT2D eigenvalue weighted by Gasteiger charge is -2.52. The third-order valence-corrected chi connectivity index (χ3v) is 16.5. The summed E-state index contributed by atoms with van der Waals surface area (Å²) in [5.41, 5.74) is 1.78. The Morgan fingerprint density at radius 1 is 1.06 bits per heavy atom. The molecule has 11 heteroatoms. The fourth-order valence-corrected chi connectivity index (χ4v) is 9.04. The van der Waals surface area contributed by atoms with Gasteiger partial charge in [-0.1, -0.05) is 105 Å². The fourth-order valence-electron chi connectivity index (χ4n) is 7.63. The van der Waals surface area contributed by atoms with Gasteiger partial charge in [0.2, 0.25) is 5.76 Å². The van der Waals surface area contributed by atoms with Gasteiger partial charge < -0.3 is 38.3 Å². The molecule has 0 saturated carbocycles. The normalized spacial score (nSPS) is 36.3. The molecule has 12 unspecified atom stereocenters. The van der Waals surface area contributed by atoms with E-state index in [1.165, 1.54) is 21.1 Å². The summed E-state index contributed by atoms with van der Waals surface area (Å²) in [5.74, 6) is -4.44. The first kappa shape index (κ1) is 47.9. The first-order valence-electron chi connectivity index (χ1n) is 19.7. The van der Waals surface area contributed by atoms with Crippen LogP contribution in [0, 0.1) is 35.5 Å². The molecule has 1 fully saturated rings. The topological polar surface area (TPSA) is 130 Å². The van der Waals surface area contributed by atoms with E-state index in [-0.39, 0.29) is 65.2 Å². The van der Waals surface area contributed by atoms with Gasteiger partial charge in [-0.15, -0.1) is 0 Å². The van der Waals surface area contributed by atoms with Crippen LogP contribution in [0.1, 0.15) is 103 Å². The van der Waals surface area contributed by atoms with E-state index in [1.54, 1.807) is 26.0 Å². The van der Waals surface area contributed by atoms with Crippen molar-refractivity contribution in [1.29, 1.82) is 0 Å². The first-order chi connectivity index (χ1) is 24.8. The zero-order valence-corrected chi connectivity index (χ0v) is 37.4. The van der Waals surface area contributed by atoms with Crippen LogP contribution in [0.15, 0.2) is 47.3 Å². The van der Waals surface area contributed by atoms with E-state index in [1.807, 2.05) is 39.0 Å². The number of methoxy groups -OCH3 is 2. The Balaban J connectivity index is 2.60. The summed E-state index contributed by atoms with van der Waals surface area (Å²) in [6.45, 7) is 30.1. The summed E-state index contributed by atoms with van der Waals surface area (Å²) in [6.07, 6.45) is 6.08. The zero-order valence-electron chi connectivity index (χ0n) is 36.4. The Morgan fingerprint density at radius 2 is 1.67 bits per heavy atom. The van der Waals surface area contributed by atoms with Crippen LogP contribution in [0.3, 0.4) is 0 Å². The van der Waals surface area contributed by atoms with E-state index >= 15 is 0 Å². The second-order valence-electron chi connectivity index (χ2n) is 18.0. The quantitative estimate of drug-likeness (QED) is 0.165. The molecule has 2 rings (SSSR count). The van der Waals surface area contributed by atoms with Gasteiger partial charge in [0.25, 0.3) is 0 Å². The summed E-state index contributed by atoms with van der Waals surface area (Å²) in [4.78, 5) is 25.9. The fraction of sp³-hybridized carbons (Fsp3) is 0.767. The van der Waals surface area contributed by atoms with Crippen molar-refractivity contribution in [2.75, 3.05) is 14.2 Å². The second kappa shape index (κ2) is 19.7. The predicted octanol–water partition coefficient (Wildman–Crippen LogP) is 8.29. The average Bonchev–Trinajstić information content (AvgIpc) is 3.06. The minimum atomic E-state index is -2.23. The minimum Gasteiger partial charge on any atom is -0.490 e. The monoisotopic (exact) mass is 779 g/mol. The SMILES string of the molecule is CO/C1=C/C(C)=C/C(C)C(OC(C)=O)C(C)C/C(C)=C/C=C\C(OC)C(C(C)C(O)C(C)C2(O)CC(O[Si](C)(C)C(C)(C)C)C(C)C(C(C)C)O2)OC1=O. The smallest absolute Gasteiger partial charge is 0.373 e. The highest BCUT2D eigenvalue weighted by atomic mass is 28.4. The summed E-state index contributed by atoms with van der Waals surface area (Å²) in [5, 5.41) is 24.5. The number of esters is 2. The van der Waals surface area contributed by atoms with Crippen molar-refractivity contribution in [2.24, 2.45) is 35.5 Å². The van der Waals surface area contributed by atoms with E-state index in [2.05, 4.69) is 61.6 Å². The van der Waals surface area contributed by atoms with Gasteiger partial charge in [0.15, 0.2) is 14.1 Å². The van der Waals surface area contributed by atoms with Gasteiger partial charge in [-0.2, -0.15) is 0 Å². The molecule has 0 aromatic rings.